The van der Waals surface area contributed by atoms with Crippen LogP contribution in [0.5, 0.6) is 0 Å². The molecule has 0 unspecified atom stereocenters. The van der Waals surface area contributed by atoms with Gasteiger partial charge in [0.2, 0.25) is 0 Å². The molecule has 21 heavy (non-hydrogen) atoms. The van der Waals surface area contributed by atoms with Crippen LogP contribution >= 0.6 is 7.82 Å². The molecular weight excluding hydrogens is 322 g/mol. The Balaban J connectivity index is 2.60. The zero-order valence-corrected chi connectivity index (χ0v) is 12.2. The minimum atomic E-state index is -5.78. The number of phosphoric ester groups is 1. The van der Waals surface area contributed by atoms with Gasteiger partial charge in [-0.1, -0.05) is 25.7 Å². The highest BCUT2D eigenvalue weighted by Crippen LogP contribution is 2.52. The minimum Gasteiger partial charge on any atom is -0.287 e. The molecule has 0 aromatic heterocycles. The van der Waals surface area contributed by atoms with Crippen molar-refractivity contribution in [2.45, 2.75) is 50.6 Å². The molecule has 0 aromatic carbocycles. The summed E-state index contributed by atoms with van der Waals surface area (Å²) in [6, 6.07) is 0. The summed E-state index contributed by atoms with van der Waals surface area (Å²) in [5.41, 5.74) is 0. The van der Waals surface area contributed by atoms with Gasteiger partial charge in [0.05, 0.1) is 13.2 Å². The predicted octanol–water partition coefficient (Wildman–Crippen LogP) is 4.70. The lowest BCUT2D eigenvalue weighted by molar-refractivity contribution is -0.291. The fourth-order valence-electron chi connectivity index (χ4n) is 1.62. The number of halogens is 5. The number of hydrogen-bond acceptors (Lipinski definition) is 4. The third-order valence-corrected chi connectivity index (χ3v) is 4.30. The Morgan fingerprint density at radius 2 is 1.29 bits per heavy atom. The van der Waals surface area contributed by atoms with Crippen LogP contribution in [0.3, 0.4) is 0 Å². The summed E-state index contributed by atoms with van der Waals surface area (Å²) in [7, 11) is -4.40. The molecule has 0 aliphatic carbocycles. The molecule has 0 bridgehead atoms. The fourth-order valence-corrected chi connectivity index (χ4v) is 2.87. The van der Waals surface area contributed by atoms with E-state index in [1.54, 1.807) is 0 Å². The predicted molar refractivity (Wildman–Crippen MR) is 64.2 cm³/mol. The van der Waals surface area contributed by atoms with E-state index in [0.717, 1.165) is 25.7 Å². The average molecular weight is 340 g/mol. The van der Waals surface area contributed by atoms with Crippen molar-refractivity contribution in [3.05, 3.63) is 0 Å². The molecule has 0 atom stereocenters. The van der Waals surface area contributed by atoms with Crippen LogP contribution < -0.4 is 0 Å². The van der Waals surface area contributed by atoms with Gasteiger partial charge in [0.1, 0.15) is 6.61 Å². The first-order valence-electron chi connectivity index (χ1n) is 6.64. The maximum Gasteiger partial charge on any atom is 0.474 e. The quantitative estimate of drug-likeness (QED) is 0.552. The van der Waals surface area contributed by atoms with Gasteiger partial charge in [0, 0.05) is 0 Å². The molecule has 0 aromatic rings. The summed E-state index contributed by atoms with van der Waals surface area (Å²) in [6.45, 7) is -2.24. The van der Waals surface area contributed by atoms with Crippen molar-refractivity contribution in [1.82, 2.24) is 0 Å². The first kappa shape index (κ1) is 18.8. The average Bonchev–Trinajstić information content (AvgIpc) is 2.41. The lowest BCUT2D eigenvalue weighted by Crippen LogP contribution is -2.40. The normalized spacial score (nSPS) is 22.5. The molecule has 1 aliphatic heterocycles. The lowest BCUT2D eigenvalue weighted by Gasteiger charge is -2.23. The van der Waals surface area contributed by atoms with Gasteiger partial charge >= 0.3 is 19.9 Å². The number of phosphoric acid groups is 1. The largest absolute Gasteiger partial charge is 0.474 e. The Morgan fingerprint density at radius 3 is 1.71 bits per heavy atom. The van der Waals surface area contributed by atoms with Crippen molar-refractivity contribution in [1.29, 1.82) is 0 Å². The summed E-state index contributed by atoms with van der Waals surface area (Å²) in [5.74, 6) is -5.11. The SMILES string of the molecule is O=P1(OCC(F)(F)C(F)(F)F)OCCCCCCCCO1. The zero-order valence-electron chi connectivity index (χ0n) is 11.3. The maximum atomic E-state index is 12.8. The molecule has 1 fully saturated rings. The van der Waals surface area contributed by atoms with E-state index in [2.05, 4.69) is 4.52 Å². The molecular formula is C11H18F5O4P. The summed E-state index contributed by atoms with van der Waals surface area (Å²) in [5, 5.41) is 0. The molecule has 0 radical (unpaired) electrons. The molecule has 4 nitrogen and oxygen atoms in total. The van der Waals surface area contributed by atoms with Crippen molar-refractivity contribution in [3.63, 3.8) is 0 Å². The van der Waals surface area contributed by atoms with Gasteiger partial charge < -0.3 is 0 Å². The van der Waals surface area contributed by atoms with Crippen LogP contribution in [-0.4, -0.2) is 31.9 Å². The van der Waals surface area contributed by atoms with E-state index in [1.165, 1.54) is 0 Å². The molecule has 1 saturated heterocycles. The van der Waals surface area contributed by atoms with Crippen LogP contribution in [0.4, 0.5) is 22.0 Å². The van der Waals surface area contributed by atoms with E-state index < -0.39 is 26.5 Å². The topological polar surface area (TPSA) is 44.8 Å². The van der Waals surface area contributed by atoms with Gasteiger partial charge in [-0.05, 0) is 12.8 Å². The van der Waals surface area contributed by atoms with Gasteiger partial charge in [-0.15, -0.1) is 0 Å². The molecule has 10 heteroatoms. The van der Waals surface area contributed by atoms with Crippen molar-refractivity contribution in [2.24, 2.45) is 0 Å². The number of rotatable bonds is 3. The molecule has 0 N–H and O–H groups in total. The number of hydrogen-bond donors (Lipinski definition) is 0. The second-order valence-electron chi connectivity index (χ2n) is 4.71. The fraction of sp³-hybridized carbons (Fsp3) is 1.00. The van der Waals surface area contributed by atoms with Gasteiger partial charge in [-0.3, -0.25) is 13.6 Å². The second kappa shape index (κ2) is 7.85. The Kier molecular flexibility index (Phi) is 7.03. The standard InChI is InChI=1S/C11H18F5O4P/c12-10(13,11(14,15)16)9-20-21(17)18-7-5-3-1-2-4-6-8-19-21/h1-9H2. The maximum absolute atomic E-state index is 12.8. The van der Waals surface area contributed by atoms with Gasteiger partial charge in [-0.2, -0.15) is 22.0 Å². The van der Waals surface area contributed by atoms with Crippen LogP contribution in [0, 0.1) is 0 Å². The highest BCUT2D eigenvalue weighted by Gasteiger charge is 2.58. The molecule has 126 valence electrons. The van der Waals surface area contributed by atoms with E-state index in [0.29, 0.717) is 12.8 Å². The molecule has 1 aliphatic rings. The van der Waals surface area contributed by atoms with Gasteiger partial charge in [-0.25, -0.2) is 4.57 Å². The highest BCUT2D eigenvalue weighted by molar-refractivity contribution is 7.48. The van der Waals surface area contributed by atoms with Gasteiger partial charge in [0.15, 0.2) is 0 Å². The summed E-state index contributed by atoms with van der Waals surface area (Å²) >= 11 is 0. The summed E-state index contributed by atoms with van der Waals surface area (Å²) in [6.07, 6.45) is -1.29. The molecule has 1 heterocycles. The number of alkyl halides is 5. The van der Waals surface area contributed by atoms with Crippen LogP contribution in [0.15, 0.2) is 0 Å². The van der Waals surface area contributed by atoms with Crippen LogP contribution in [-0.2, 0) is 18.1 Å². The molecule has 1 rings (SSSR count). The van der Waals surface area contributed by atoms with Crippen molar-refractivity contribution in [2.75, 3.05) is 19.8 Å². The van der Waals surface area contributed by atoms with Crippen LogP contribution in [0.25, 0.3) is 0 Å². The molecule has 0 saturated carbocycles. The third-order valence-electron chi connectivity index (χ3n) is 2.86. The minimum absolute atomic E-state index is 0.0745. The Hall–Kier alpha value is -0.240. The third kappa shape index (κ3) is 6.59. The zero-order chi connectivity index (χ0) is 16.0. The van der Waals surface area contributed by atoms with Gasteiger partial charge in [0.25, 0.3) is 0 Å². The highest BCUT2D eigenvalue weighted by atomic mass is 31.2. The Labute approximate surface area is 119 Å². The molecule has 0 spiro atoms. The lowest BCUT2D eigenvalue weighted by atomic mass is 10.1. The first-order valence-corrected chi connectivity index (χ1v) is 8.11. The van der Waals surface area contributed by atoms with Crippen molar-refractivity contribution < 1.29 is 40.1 Å². The smallest absolute Gasteiger partial charge is 0.287 e. The van der Waals surface area contributed by atoms with Crippen molar-refractivity contribution in [3.8, 4) is 0 Å². The molecule has 0 amide bonds. The van der Waals surface area contributed by atoms with E-state index in [4.69, 9.17) is 9.05 Å². The monoisotopic (exact) mass is 340 g/mol. The second-order valence-corrected chi connectivity index (χ2v) is 6.38. The Bertz CT molecular complexity index is 345. The van der Waals surface area contributed by atoms with Crippen LogP contribution in [0.2, 0.25) is 0 Å². The Morgan fingerprint density at radius 1 is 0.857 bits per heavy atom. The van der Waals surface area contributed by atoms with E-state index >= 15 is 0 Å². The van der Waals surface area contributed by atoms with Crippen molar-refractivity contribution >= 4 is 7.82 Å². The summed E-state index contributed by atoms with van der Waals surface area (Å²) < 4.78 is 87.3. The first-order chi connectivity index (χ1) is 9.66. The van der Waals surface area contributed by atoms with E-state index in [9.17, 15) is 26.5 Å². The van der Waals surface area contributed by atoms with E-state index in [-0.39, 0.29) is 13.2 Å². The van der Waals surface area contributed by atoms with E-state index in [1.807, 2.05) is 0 Å². The van der Waals surface area contributed by atoms with Crippen LogP contribution in [0.1, 0.15) is 38.5 Å². The summed E-state index contributed by atoms with van der Waals surface area (Å²) in [4.78, 5) is 0.